The zero-order valence-electron chi connectivity index (χ0n) is 6.09. The van der Waals surface area contributed by atoms with Gasteiger partial charge < -0.3 is 10.1 Å². The third kappa shape index (κ3) is 1.37. The van der Waals surface area contributed by atoms with Crippen LogP contribution in [0.2, 0.25) is 0 Å². The van der Waals surface area contributed by atoms with Crippen LogP contribution in [0.1, 0.15) is 0 Å². The summed E-state index contributed by atoms with van der Waals surface area (Å²) < 4.78 is 4.87. The Bertz CT molecular complexity index is 172. The van der Waals surface area contributed by atoms with Gasteiger partial charge in [-0.15, -0.1) is 0 Å². The highest BCUT2D eigenvalue weighted by Crippen LogP contribution is 2.09. The lowest BCUT2D eigenvalue weighted by molar-refractivity contribution is 0.398. The van der Waals surface area contributed by atoms with Crippen LogP contribution in [0.5, 0.6) is 5.88 Å². The van der Waals surface area contributed by atoms with Crippen molar-refractivity contribution in [3.8, 4) is 5.88 Å². The molecule has 0 atom stereocenters. The van der Waals surface area contributed by atoms with E-state index in [-0.39, 0.29) is 0 Å². The molecule has 0 saturated carbocycles. The van der Waals surface area contributed by atoms with Crippen LogP contribution in [0.15, 0.2) is 18.3 Å². The number of pyridine rings is 1. The average Bonchev–Trinajstić information content (AvgIpc) is 2.05. The van der Waals surface area contributed by atoms with E-state index in [1.165, 1.54) is 0 Å². The summed E-state index contributed by atoms with van der Waals surface area (Å²) in [6.07, 6.45) is 1.72. The Kier molecular flexibility index (Phi) is 2.10. The molecule has 0 fully saturated rings. The molecule has 54 valence electrons. The number of aromatic nitrogens is 1. The summed E-state index contributed by atoms with van der Waals surface area (Å²) in [5, 5.41) is 2.96. The van der Waals surface area contributed by atoms with Crippen LogP contribution in [0, 0.1) is 0 Å². The second-order valence-electron chi connectivity index (χ2n) is 1.84. The summed E-state index contributed by atoms with van der Waals surface area (Å²) >= 11 is 0. The molecule has 0 saturated heterocycles. The van der Waals surface area contributed by atoms with Gasteiger partial charge in [0.1, 0.15) is 0 Å². The monoisotopic (exact) mass is 138 g/mol. The molecule has 0 aromatic carbocycles. The van der Waals surface area contributed by atoms with Crippen LogP contribution in [0.25, 0.3) is 0 Å². The first-order valence-electron chi connectivity index (χ1n) is 3.04. The molecule has 1 rings (SSSR count). The Morgan fingerprint density at radius 3 is 2.70 bits per heavy atom. The zero-order chi connectivity index (χ0) is 7.40. The van der Waals surface area contributed by atoms with E-state index in [9.17, 15) is 0 Å². The minimum atomic E-state index is 0.638. The molecule has 10 heavy (non-hydrogen) atoms. The van der Waals surface area contributed by atoms with Crippen molar-refractivity contribution in [2.24, 2.45) is 0 Å². The molecule has 0 radical (unpaired) electrons. The lowest BCUT2D eigenvalue weighted by atomic mass is 10.4. The predicted octanol–water partition coefficient (Wildman–Crippen LogP) is 1.13. The Morgan fingerprint density at radius 2 is 2.30 bits per heavy atom. The van der Waals surface area contributed by atoms with Crippen LogP contribution in [-0.4, -0.2) is 19.1 Å². The molecule has 0 aliphatic carbocycles. The van der Waals surface area contributed by atoms with E-state index in [4.69, 9.17) is 4.74 Å². The van der Waals surface area contributed by atoms with Gasteiger partial charge >= 0.3 is 0 Å². The van der Waals surface area contributed by atoms with E-state index in [0.717, 1.165) is 5.69 Å². The number of nitrogens with zero attached hydrogens (tertiary/aromatic N) is 1. The van der Waals surface area contributed by atoms with Crippen LogP contribution >= 0.6 is 0 Å². The van der Waals surface area contributed by atoms with E-state index in [1.54, 1.807) is 13.3 Å². The Morgan fingerprint density at radius 1 is 1.50 bits per heavy atom. The molecule has 0 aliphatic heterocycles. The predicted molar refractivity (Wildman–Crippen MR) is 40.3 cm³/mol. The summed E-state index contributed by atoms with van der Waals surface area (Å²) in [4.78, 5) is 3.98. The molecular formula is C7H10N2O. The molecule has 0 unspecified atom stereocenters. The van der Waals surface area contributed by atoms with E-state index in [0.29, 0.717) is 5.88 Å². The molecule has 1 N–H and O–H groups in total. The lowest BCUT2D eigenvalue weighted by Crippen LogP contribution is -1.90. The first kappa shape index (κ1) is 6.86. The van der Waals surface area contributed by atoms with E-state index in [1.807, 2.05) is 19.2 Å². The fourth-order valence-electron chi connectivity index (χ4n) is 0.649. The molecule has 0 amide bonds. The molecule has 0 spiro atoms. The maximum absolute atomic E-state index is 4.87. The third-order valence-electron chi connectivity index (χ3n) is 1.23. The van der Waals surface area contributed by atoms with Gasteiger partial charge in [-0.3, -0.25) is 0 Å². The zero-order valence-corrected chi connectivity index (χ0v) is 6.09. The van der Waals surface area contributed by atoms with Crippen LogP contribution in [0.3, 0.4) is 0 Å². The largest absolute Gasteiger partial charge is 0.481 e. The van der Waals surface area contributed by atoms with Crippen LogP contribution < -0.4 is 10.1 Å². The number of nitrogens with one attached hydrogen (secondary N) is 1. The molecule has 0 aliphatic rings. The van der Waals surface area contributed by atoms with Crippen molar-refractivity contribution >= 4 is 5.69 Å². The minimum Gasteiger partial charge on any atom is -0.481 e. The molecule has 1 aromatic heterocycles. The summed E-state index contributed by atoms with van der Waals surface area (Å²) in [6.45, 7) is 0. The van der Waals surface area contributed by atoms with Gasteiger partial charge in [-0.1, -0.05) is 0 Å². The Hall–Kier alpha value is -1.25. The van der Waals surface area contributed by atoms with Gasteiger partial charge in [-0.05, 0) is 6.07 Å². The fraction of sp³-hybridized carbons (Fsp3) is 0.286. The summed E-state index contributed by atoms with van der Waals surface area (Å²) in [5.41, 5.74) is 0.987. The molecule has 3 heteroatoms. The van der Waals surface area contributed by atoms with Gasteiger partial charge in [0.25, 0.3) is 0 Å². The highest BCUT2D eigenvalue weighted by molar-refractivity contribution is 5.40. The van der Waals surface area contributed by atoms with E-state index < -0.39 is 0 Å². The molecular weight excluding hydrogens is 128 g/mol. The van der Waals surface area contributed by atoms with Crippen molar-refractivity contribution in [1.29, 1.82) is 0 Å². The van der Waals surface area contributed by atoms with Gasteiger partial charge in [0.05, 0.1) is 19.0 Å². The number of hydrogen-bond acceptors (Lipinski definition) is 3. The van der Waals surface area contributed by atoms with Crippen molar-refractivity contribution in [3.05, 3.63) is 18.3 Å². The van der Waals surface area contributed by atoms with Crippen molar-refractivity contribution < 1.29 is 4.74 Å². The summed E-state index contributed by atoms with van der Waals surface area (Å²) in [6, 6.07) is 3.72. The minimum absolute atomic E-state index is 0.638. The van der Waals surface area contributed by atoms with Crippen LogP contribution in [0.4, 0.5) is 5.69 Å². The fourth-order valence-corrected chi connectivity index (χ4v) is 0.649. The Labute approximate surface area is 60.0 Å². The molecule has 3 nitrogen and oxygen atoms in total. The maximum atomic E-state index is 4.87. The van der Waals surface area contributed by atoms with E-state index in [2.05, 4.69) is 10.3 Å². The number of ether oxygens (including phenoxy) is 1. The first-order valence-corrected chi connectivity index (χ1v) is 3.04. The summed E-state index contributed by atoms with van der Waals surface area (Å²) in [5.74, 6) is 0.638. The number of hydrogen-bond donors (Lipinski definition) is 1. The standard InChI is InChI=1S/C7H10N2O/c1-8-6-3-4-7(10-2)9-5-6/h3-5,8H,1-2H3. The topological polar surface area (TPSA) is 34.1 Å². The average molecular weight is 138 g/mol. The van der Waals surface area contributed by atoms with Crippen LogP contribution in [-0.2, 0) is 0 Å². The SMILES string of the molecule is CNc1ccc(OC)nc1. The number of rotatable bonds is 2. The first-order chi connectivity index (χ1) is 4.86. The highest BCUT2D eigenvalue weighted by Gasteiger charge is 1.90. The van der Waals surface area contributed by atoms with Gasteiger partial charge in [0.15, 0.2) is 0 Å². The molecule has 1 aromatic rings. The quantitative estimate of drug-likeness (QED) is 0.665. The maximum Gasteiger partial charge on any atom is 0.213 e. The van der Waals surface area contributed by atoms with Crippen molar-refractivity contribution in [1.82, 2.24) is 4.98 Å². The lowest BCUT2D eigenvalue weighted by Gasteiger charge is -1.99. The number of methoxy groups -OCH3 is 1. The van der Waals surface area contributed by atoms with Crippen molar-refractivity contribution in [3.63, 3.8) is 0 Å². The van der Waals surface area contributed by atoms with Gasteiger partial charge in [0, 0.05) is 13.1 Å². The number of anilines is 1. The highest BCUT2D eigenvalue weighted by atomic mass is 16.5. The Balaban J connectivity index is 2.80. The second-order valence-corrected chi connectivity index (χ2v) is 1.84. The van der Waals surface area contributed by atoms with Gasteiger partial charge in [-0.2, -0.15) is 0 Å². The molecule has 1 heterocycles. The van der Waals surface area contributed by atoms with Crippen molar-refractivity contribution in [2.75, 3.05) is 19.5 Å². The third-order valence-corrected chi connectivity index (χ3v) is 1.23. The van der Waals surface area contributed by atoms with E-state index >= 15 is 0 Å². The molecule has 0 bridgehead atoms. The smallest absolute Gasteiger partial charge is 0.213 e. The second kappa shape index (κ2) is 3.06. The normalized spacial score (nSPS) is 9.00. The summed E-state index contributed by atoms with van der Waals surface area (Å²) in [7, 11) is 3.45. The van der Waals surface area contributed by atoms with Crippen molar-refractivity contribution in [2.45, 2.75) is 0 Å². The van der Waals surface area contributed by atoms with Gasteiger partial charge in [-0.25, -0.2) is 4.98 Å². The van der Waals surface area contributed by atoms with Gasteiger partial charge in [0.2, 0.25) is 5.88 Å².